The first-order valence-electron chi connectivity index (χ1n) is 11.6. The average Bonchev–Trinajstić information content (AvgIpc) is 3.44. The molecule has 0 aliphatic carbocycles. The van der Waals surface area contributed by atoms with Crippen LogP contribution in [-0.2, 0) is 24.9 Å². The maximum atomic E-state index is 13.5. The SMILES string of the molecule is CCCCn1c(N)c(N(Cc2ccco2)C(=O)COc2nn(C)c3nc(C)cc(C)c23)c(=O)[nH]c1=O. The first kappa shape index (κ1) is 24.8. The number of aromatic nitrogens is 5. The largest absolute Gasteiger partial charge is 0.467 e. The number of hydrogen-bond acceptors (Lipinski definition) is 8. The Kier molecular flexibility index (Phi) is 6.95. The van der Waals surface area contributed by atoms with Gasteiger partial charge in [-0.15, -0.1) is 5.10 Å². The lowest BCUT2D eigenvalue weighted by molar-refractivity contribution is -0.120. The summed E-state index contributed by atoms with van der Waals surface area (Å²) in [5, 5.41) is 5.06. The van der Waals surface area contributed by atoms with Gasteiger partial charge < -0.3 is 14.9 Å². The summed E-state index contributed by atoms with van der Waals surface area (Å²) >= 11 is 0. The molecule has 3 N–H and O–H groups in total. The molecule has 0 spiro atoms. The summed E-state index contributed by atoms with van der Waals surface area (Å²) in [5.41, 5.74) is 7.09. The molecule has 1 amide bonds. The molecule has 4 heterocycles. The Hall–Kier alpha value is -4.35. The molecule has 0 aliphatic rings. The first-order chi connectivity index (χ1) is 17.2. The average molecular weight is 496 g/mol. The zero-order chi connectivity index (χ0) is 26.0. The maximum Gasteiger partial charge on any atom is 0.330 e. The number of unbranched alkanes of at least 4 members (excludes halogenated alkanes) is 1. The van der Waals surface area contributed by atoms with Crippen molar-refractivity contribution in [3.05, 3.63) is 62.3 Å². The van der Waals surface area contributed by atoms with E-state index >= 15 is 0 Å². The number of furan rings is 1. The number of nitrogens with two attached hydrogens (primary N) is 1. The van der Waals surface area contributed by atoms with Gasteiger partial charge in [-0.05, 0) is 44.0 Å². The number of aryl methyl sites for hydroxylation is 3. The molecule has 0 radical (unpaired) electrons. The third-order valence-electron chi connectivity index (χ3n) is 5.83. The Bertz CT molecular complexity index is 1510. The summed E-state index contributed by atoms with van der Waals surface area (Å²) in [6.07, 6.45) is 2.95. The Balaban J connectivity index is 1.70. The Labute approximate surface area is 206 Å². The lowest BCUT2D eigenvalue weighted by atomic mass is 10.2. The second-order valence-corrected chi connectivity index (χ2v) is 8.55. The number of anilines is 2. The number of nitrogens with zero attached hydrogens (tertiary/aromatic N) is 5. The number of ether oxygens (including phenoxy) is 1. The monoisotopic (exact) mass is 495 g/mol. The maximum absolute atomic E-state index is 13.5. The zero-order valence-corrected chi connectivity index (χ0v) is 20.7. The summed E-state index contributed by atoms with van der Waals surface area (Å²) in [7, 11) is 1.74. The summed E-state index contributed by atoms with van der Waals surface area (Å²) in [4.78, 5) is 46.6. The molecule has 12 nitrogen and oxygen atoms in total. The zero-order valence-electron chi connectivity index (χ0n) is 20.7. The fraction of sp³-hybridized carbons (Fsp3) is 0.375. The molecule has 0 saturated heterocycles. The van der Waals surface area contributed by atoms with Crippen molar-refractivity contribution in [1.29, 1.82) is 0 Å². The second-order valence-electron chi connectivity index (χ2n) is 8.55. The Morgan fingerprint density at radius 2 is 2.08 bits per heavy atom. The summed E-state index contributed by atoms with van der Waals surface area (Å²) in [5.74, 6) is 0.00240. The number of amides is 1. The normalized spacial score (nSPS) is 11.2. The number of pyridine rings is 1. The van der Waals surface area contributed by atoms with Crippen LogP contribution in [0.25, 0.3) is 11.0 Å². The minimum atomic E-state index is -0.774. The molecule has 0 atom stereocenters. The van der Waals surface area contributed by atoms with Gasteiger partial charge in [0.25, 0.3) is 11.5 Å². The highest BCUT2D eigenvalue weighted by Gasteiger charge is 2.26. The smallest absolute Gasteiger partial charge is 0.330 e. The van der Waals surface area contributed by atoms with Gasteiger partial charge in [-0.1, -0.05) is 13.3 Å². The van der Waals surface area contributed by atoms with Crippen molar-refractivity contribution in [3.63, 3.8) is 0 Å². The van der Waals surface area contributed by atoms with Gasteiger partial charge >= 0.3 is 5.69 Å². The highest BCUT2D eigenvalue weighted by molar-refractivity contribution is 5.96. The number of carbonyl (C=O) groups is 1. The highest BCUT2D eigenvalue weighted by Crippen LogP contribution is 2.27. The van der Waals surface area contributed by atoms with E-state index in [2.05, 4.69) is 15.1 Å². The first-order valence-corrected chi connectivity index (χ1v) is 11.6. The number of H-pyrrole nitrogens is 1. The molecule has 0 aliphatic heterocycles. The van der Waals surface area contributed by atoms with Crippen molar-refractivity contribution >= 4 is 28.4 Å². The molecule has 0 unspecified atom stereocenters. The van der Waals surface area contributed by atoms with E-state index in [0.29, 0.717) is 29.8 Å². The van der Waals surface area contributed by atoms with E-state index in [1.807, 2.05) is 26.8 Å². The summed E-state index contributed by atoms with van der Waals surface area (Å²) < 4.78 is 14.1. The number of nitrogens with one attached hydrogen (secondary N) is 1. The van der Waals surface area contributed by atoms with Gasteiger partial charge in [0.15, 0.2) is 17.9 Å². The predicted molar refractivity (Wildman–Crippen MR) is 134 cm³/mol. The van der Waals surface area contributed by atoms with Gasteiger partial charge in [-0.3, -0.25) is 24.0 Å². The van der Waals surface area contributed by atoms with Gasteiger partial charge in [-0.25, -0.2) is 14.5 Å². The van der Waals surface area contributed by atoms with Crippen molar-refractivity contribution < 1.29 is 13.9 Å². The number of rotatable bonds is 9. The van der Waals surface area contributed by atoms with Crippen LogP contribution in [0.1, 0.15) is 36.8 Å². The molecule has 0 saturated carbocycles. The van der Waals surface area contributed by atoms with Crippen LogP contribution in [0.4, 0.5) is 11.5 Å². The molecule has 0 aromatic carbocycles. The number of hydrogen-bond donors (Lipinski definition) is 2. The number of carbonyl (C=O) groups excluding carboxylic acids is 1. The van der Waals surface area contributed by atoms with Crippen molar-refractivity contribution in [2.24, 2.45) is 7.05 Å². The molecule has 36 heavy (non-hydrogen) atoms. The van der Waals surface area contributed by atoms with Crippen LogP contribution in [-0.4, -0.2) is 36.8 Å². The van der Waals surface area contributed by atoms with Crippen molar-refractivity contribution in [3.8, 4) is 5.88 Å². The lowest BCUT2D eigenvalue weighted by Gasteiger charge is -2.23. The summed E-state index contributed by atoms with van der Waals surface area (Å²) in [6.45, 7) is 5.55. The molecular formula is C24H29N7O5. The fourth-order valence-electron chi connectivity index (χ4n) is 4.08. The molecule has 4 aromatic heterocycles. The molecule has 12 heteroatoms. The van der Waals surface area contributed by atoms with Gasteiger partial charge in [0.2, 0.25) is 5.88 Å². The molecular weight excluding hydrogens is 466 g/mol. The minimum Gasteiger partial charge on any atom is -0.467 e. The van der Waals surface area contributed by atoms with Crippen molar-refractivity contribution in [1.82, 2.24) is 24.3 Å². The molecule has 4 aromatic rings. The predicted octanol–water partition coefficient (Wildman–Crippen LogP) is 2.02. The van der Waals surface area contributed by atoms with E-state index in [-0.39, 0.29) is 23.9 Å². The Morgan fingerprint density at radius 3 is 2.78 bits per heavy atom. The number of nitrogen functional groups attached to an aromatic ring is 1. The molecule has 0 bridgehead atoms. The number of aromatic amines is 1. The van der Waals surface area contributed by atoms with E-state index < -0.39 is 23.8 Å². The lowest BCUT2D eigenvalue weighted by Crippen LogP contribution is -2.42. The quantitative estimate of drug-likeness (QED) is 0.357. The molecule has 0 fully saturated rings. The fourth-order valence-corrected chi connectivity index (χ4v) is 4.08. The van der Waals surface area contributed by atoms with Gasteiger partial charge in [0.05, 0.1) is 18.2 Å². The van der Waals surface area contributed by atoms with E-state index in [0.717, 1.165) is 22.6 Å². The topological polar surface area (TPSA) is 154 Å². The van der Waals surface area contributed by atoms with E-state index in [1.165, 1.54) is 10.8 Å². The van der Waals surface area contributed by atoms with Crippen LogP contribution in [0.2, 0.25) is 0 Å². The van der Waals surface area contributed by atoms with Crippen LogP contribution in [0, 0.1) is 13.8 Å². The highest BCUT2D eigenvalue weighted by atomic mass is 16.5. The standard InChI is InChI=1S/C24H29N7O5/c1-5-6-9-30-20(25)19(22(33)27-24(30)34)31(12-16-8-7-10-35-16)17(32)13-36-23-18-14(2)11-15(3)26-21(18)29(4)28-23/h7-8,10-11H,5-6,9,12-13,25H2,1-4H3,(H,27,33,34). The Morgan fingerprint density at radius 1 is 1.31 bits per heavy atom. The van der Waals surface area contributed by atoms with Crippen molar-refractivity contribution in [2.75, 3.05) is 17.2 Å². The second kappa shape index (κ2) is 10.1. The van der Waals surface area contributed by atoms with Crippen molar-refractivity contribution in [2.45, 2.75) is 46.7 Å². The van der Waals surface area contributed by atoms with Crippen LogP contribution >= 0.6 is 0 Å². The third kappa shape index (κ3) is 4.74. The minimum absolute atomic E-state index is 0.0861. The van der Waals surface area contributed by atoms with Crippen LogP contribution in [0.5, 0.6) is 5.88 Å². The van der Waals surface area contributed by atoms with Gasteiger partial charge in [0, 0.05) is 19.3 Å². The van der Waals surface area contributed by atoms with E-state index in [1.54, 1.807) is 23.9 Å². The van der Waals surface area contributed by atoms with Gasteiger partial charge in [-0.2, -0.15) is 0 Å². The molecule has 4 rings (SSSR count). The van der Waals surface area contributed by atoms with Crippen LogP contribution in [0.15, 0.2) is 38.5 Å². The third-order valence-corrected chi connectivity index (χ3v) is 5.83. The van der Waals surface area contributed by atoms with Crippen LogP contribution in [0.3, 0.4) is 0 Å². The number of fused-ring (bicyclic) bond motifs is 1. The molecule has 190 valence electrons. The summed E-state index contributed by atoms with van der Waals surface area (Å²) in [6, 6.07) is 5.24. The van der Waals surface area contributed by atoms with E-state index in [4.69, 9.17) is 14.9 Å². The van der Waals surface area contributed by atoms with Gasteiger partial charge in [0.1, 0.15) is 11.6 Å². The van der Waals surface area contributed by atoms with Crippen LogP contribution < -0.4 is 26.6 Å². The van der Waals surface area contributed by atoms with E-state index in [9.17, 15) is 14.4 Å².